The second-order valence-corrected chi connectivity index (χ2v) is 19.8. The molecule has 0 amide bonds. The van der Waals surface area contributed by atoms with Gasteiger partial charge in [-0.1, -0.05) is 169 Å². The molecule has 0 aliphatic heterocycles. The van der Waals surface area contributed by atoms with Gasteiger partial charge in [-0.05, 0) is 67.9 Å². The summed E-state index contributed by atoms with van der Waals surface area (Å²) in [5, 5.41) is 5.51. The maximum Gasteiger partial charge on any atom is 0 e. The average molecular weight is 983 g/mol. The third kappa shape index (κ3) is 13.8. The smallest absolute Gasteiger partial charge is 0 e. The standard InChI is InChI=1S/2C26H33.C3H6.2ClH.Hf/c2*1-8-10-18-13-19-11-9-12-23(24(19)14-18)20-15-21(25(2,3)4)17-22(16-20)26(5,6)7;1-3-2;;;/h2*9,11-17H,8,10H2,1-7H3;1-3H2;2*1H;/q2*-1;-2;;;/p-2. The molecule has 0 nitrogen and oxygen atoms in total. The van der Waals surface area contributed by atoms with Crippen molar-refractivity contribution >= 4 is 21.5 Å². The largest absolute Gasteiger partial charge is 1.00 e. The van der Waals surface area contributed by atoms with Gasteiger partial charge >= 0.3 is 0 Å². The molecule has 0 aliphatic rings. The van der Waals surface area contributed by atoms with E-state index in [4.69, 9.17) is 0 Å². The van der Waals surface area contributed by atoms with E-state index in [1.54, 1.807) is 0 Å². The fraction of sp³-hybridized carbons (Fsp3) is 0.418. The molecule has 0 spiro atoms. The predicted octanol–water partition coefficient (Wildman–Crippen LogP) is 10.6. The van der Waals surface area contributed by atoms with Gasteiger partial charge in [0.05, 0.1) is 0 Å². The molecule has 0 aliphatic carbocycles. The van der Waals surface area contributed by atoms with Crippen LogP contribution in [0, 0.1) is 13.8 Å². The van der Waals surface area contributed by atoms with Gasteiger partial charge < -0.3 is 45.1 Å². The topological polar surface area (TPSA) is 0 Å². The Morgan fingerprint density at radius 2 is 0.724 bits per heavy atom. The van der Waals surface area contributed by atoms with Crippen LogP contribution in [-0.4, -0.2) is 0 Å². The fourth-order valence-electron chi connectivity index (χ4n) is 7.26. The van der Waals surface area contributed by atoms with Crippen LogP contribution in [0.25, 0.3) is 43.8 Å². The predicted molar refractivity (Wildman–Crippen MR) is 248 cm³/mol. The van der Waals surface area contributed by atoms with E-state index in [-0.39, 0.29) is 72.3 Å². The maximum atomic E-state index is 3.38. The van der Waals surface area contributed by atoms with Gasteiger partial charge in [0.1, 0.15) is 0 Å². The van der Waals surface area contributed by atoms with Crippen LogP contribution in [0.5, 0.6) is 0 Å². The van der Waals surface area contributed by atoms with E-state index in [9.17, 15) is 0 Å². The van der Waals surface area contributed by atoms with E-state index in [0.717, 1.165) is 19.3 Å². The third-order valence-electron chi connectivity index (χ3n) is 10.7. The Hall–Kier alpha value is -2.45. The second-order valence-electron chi connectivity index (χ2n) is 19.8. The Kier molecular flexibility index (Phi) is 20.2. The molecule has 6 aromatic rings. The van der Waals surface area contributed by atoms with Crippen molar-refractivity contribution in [1.29, 1.82) is 0 Å². The third-order valence-corrected chi connectivity index (χ3v) is 10.7. The number of fused-ring (bicyclic) bond motifs is 2. The van der Waals surface area contributed by atoms with Crippen molar-refractivity contribution in [3.8, 4) is 22.3 Å². The van der Waals surface area contributed by atoms with Crippen LogP contribution < -0.4 is 24.8 Å². The monoisotopic (exact) mass is 982 g/mol. The van der Waals surface area contributed by atoms with Crippen LogP contribution in [0.4, 0.5) is 0 Å². The molecule has 0 saturated carbocycles. The molecule has 316 valence electrons. The summed E-state index contributed by atoms with van der Waals surface area (Å²) in [5.74, 6) is 0. The van der Waals surface area contributed by atoms with Crippen LogP contribution >= 0.6 is 0 Å². The number of halogens is 2. The molecule has 6 aromatic carbocycles. The molecular formula is C55H72Cl2Hf-6. The summed E-state index contributed by atoms with van der Waals surface area (Å²) in [4.78, 5) is 0. The van der Waals surface area contributed by atoms with E-state index in [0.29, 0.717) is 0 Å². The zero-order chi connectivity index (χ0) is 40.9. The molecular weight excluding hydrogens is 910 g/mol. The van der Waals surface area contributed by atoms with E-state index >= 15 is 0 Å². The minimum atomic E-state index is 0. The van der Waals surface area contributed by atoms with E-state index in [2.05, 4.69) is 208 Å². The summed E-state index contributed by atoms with van der Waals surface area (Å²) in [6.07, 6.45) is 5.45. The van der Waals surface area contributed by atoms with E-state index < -0.39 is 0 Å². The van der Waals surface area contributed by atoms with Crippen molar-refractivity contribution in [2.75, 3.05) is 0 Å². The van der Waals surface area contributed by atoms with Crippen molar-refractivity contribution < 1.29 is 50.7 Å². The average Bonchev–Trinajstić information content (AvgIpc) is 3.70. The molecule has 6 rings (SSSR count). The van der Waals surface area contributed by atoms with Crippen molar-refractivity contribution in [2.45, 2.75) is 151 Å². The number of hydrogen-bond donors (Lipinski definition) is 0. The molecule has 0 saturated heterocycles. The maximum absolute atomic E-state index is 3.38. The first-order valence-corrected chi connectivity index (χ1v) is 20.9. The molecule has 0 fully saturated rings. The normalized spacial score (nSPS) is 11.7. The first-order valence-electron chi connectivity index (χ1n) is 20.9. The van der Waals surface area contributed by atoms with Gasteiger partial charge in [0.2, 0.25) is 0 Å². The second kappa shape index (κ2) is 21.9. The first-order chi connectivity index (χ1) is 25.6. The van der Waals surface area contributed by atoms with Crippen molar-refractivity contribution in [1.82, 2.24) is 0 Å². The molecule has 0 N–H and O–H groups in total. The summed E-state index contributed by atoms with van der Waals surface area (Å²) in [5.41, 5.74) is 14.6. The zero-order valence-corrected chi connectivity index (χ0v) is 43.5. The summed E-state index contributed by atoms with van der Waals surface area (Å²) < 4.78 is 0. The molecule has 0 unspecified atom stereocenters. The Labute approximate surface area is 386 Å². The van der Waals surface area contributed by atoms with Gasteiger partial charge in [-0.3, -0.25) is 0 Å². The molecule has 3 heteroatoms. The van der Waals surface area contributed by atoms with Gasteiger partial charge in [0.25, 0.3) is 0 Å². The van der Waals surface area contributed by atoms with Gasteiger partial charge in [0.15, 0.2) is 0 Å². The van der Waals surface area contributed by atoms with E-state index in [1.807, 2.05) is 0 Å². The minimum absolute atomic E-state index is 0. The zero-order valence-electron chi connectivity index (χ0n) is 38.4. The minimum Gasteiger partial charge on any atom is -1.00 e. The van der Waals surface area contributed by atoms with Gasteiger partial charge in [-0.25, -0.2) is 0 Å². The van der Waals surface area contributed by atoms with Crippen LogP contribution in [0.1, 0.15) is 150 Å². The molecule has 0 atom stereocenters. The first kappa shape index (κ1) is 53.6. The van der Waals surface area contributed by atoms with Crippen LogP contribution in [0.2, 0.25) is 0 Å². The van der Waals surface area contributed by atoms with Gasteiger partial charge in [-0.15, -0.1) is 69.1 Å². The Morgan fingerprint density at radius 1 is 0.448 bits per heavy atom. The molecule has 0 radical (unpaired) electrons. The number of benzene rings is 4. The number of aryl methyl sites for hydroxylation is 2. The SMILES string of the molecule is CCCc1cc2c(-c3cc(C(C)(C)C)cc(C(C)(C)C)c3)cccc2[cH-]1.CCCc1cc2c(-c3cc(C(C)(C)C)cc(C(C)(C)C)c3)cccc2[cH-]1.[CH2-]C[CH2-].[Cl-].[Cl-].[Hf]. The van der Waals surface area contributed by atoms with Crippen LogP contribution in [-0.2, 0) is 60.3 Å². The number of rotatable bonds is 6. The van der Waals surface area contributed by atoms with Crippen molar-refractivity contribution in [2.24, 2.45) is 0 Å². The summed E-state index contributed by atoms with van der Waals surface area (Å²) >= 11 is 0. The Balaban J connectivity index is 0.000000518. The Morgan fingerprint density at radius 3 is 0.966 bits per heavy atom. The summed E-state index contributed by atoms with van der Waals surface area (Å²) in [6, 6.07) is 37.4. The molecule has 0 bridgehead atoms. The molecule has 0 heterocycles. The summed E-state index contributed by atoms with van der Waals surface area (Å²) in [7, 11) is 0. The molecule has 0 aromatic heterocycles. The van der Waals surface area contributed by atoms with E-state index in [1.165, 1.54) is 90.0 Å². The fourth-order valence-corrected chi connectivity index (χ4v) is 7.26. The quantitative estimate of drug-likeness (QED) is 0.115. The van der Waals surface area contributed by atoms with Crippen molar-refractivity contribution in [3.05, 3.63) is 144 Å². The van der Waals surface area contributed by atoms with Crippen molar-refractivity contribution in [3.63, 3.8) is 0 Å². The molecule has 58 heavy (non-hydrogen) atoms. The number of hydrogen-bond acceptors (Lipinski definition) is 0. The van der Waals surface area contributed by atoms with Crippen LogP contribution in [0.15, 0.2) is 97.1 Å². The van der Waals surface area contributed by atoms with Gasteiger partial charge in [-0.2, -0.15) is 12.1 Å². The van der Waals surface area contributed by atoms with Crippen LogP contribution in [0.3, 0.4) is 0 Å². The van der Waals surface area contributed by atoms with Gasteiger partial charge in [0, 0.05) is 25.8 Å². The summed E-state index contributed by atoms with van der Waals surface area (Å²) in [6.45, 7) is 38.9. The Bertz CT molecular complexity index is 1940.